The number of nitrogens with zero attached hydrogens (tertiary/aromatic N) is 4. The molecule has 0 spiro atoms. The number of anilines is 2. The first-order valence-corrected chi connectivity index (χ1v) is 11.5. The van der Waals surface area contributed by atoms with Crippen LogP contribution in [0.25, 0.3) is 0 Å². The maximum Gasteiger partial charge on any atom is 0.416 e. The van der Waals surface area contributed by atoms with Crippen LogP contribution >= 0.6 is 0 Å². The molecule has 35 heavy (non-hydrogen) atoms. The van der Waals surface area contributed by atoms with Crippen molar-refractivity contribution in [2.24, 2.45) is 11.7 Å². The van der Waals surface area contributed by atoms with Crippen molar-refractivity contribution in [3.8, 4) is 0 Å². The average molecular weight is 493 g/mol. The molecule has 2 aliphatic rings. The summed E-state index contributed by atoms with van der Waals surface area (Å²) in [5.41, 5.74) is 6.11. The largest absolute Gasteiger partial charge is 0.416 e. The van der Waals surface area contributed by atoms with Crippen LogP contribution < -0.4 is 16.0 Å². The highest BCUT2D eigenvalue weighted by Crippen LogP contribution is 2.35. The molecule has 0 bridgehead atoms. The Kier molecular flexibility index (Phi) is 7.25. The van der Waals surface area contributed by atoms with Crippen LogP contribution in [0, 0.1) is 11.7 Å². The molecule has 7 nitrogen and oxygen atoms in total. The van der Waals surface area contributed by atoms with Gasteiger partial charge in [-0.25, -0.2) is 9.97 Å². The molecule has 1 saturated heterocycles. The lowest BCUT2D eigenvalue weighted by atomic mass is 9.92. The molecule has 2 aromatic rings. The predicted octanol–water partition coefficient (Wildman–Crippen LogP) is 3.58. The summed E-state index contributed by atoms with van der Waals surface area (Å²) in [6.45, 7) is 6.18. The van der Waals surface area contributed by atoms with E-state index >= 15 is 4.39 Å². The number of rotatable bonds is 9. The minimum atomic E-state index is -4.40. The number of hydrogen-bond donors (Lipinski definition) is 2. The van der Waals surface area contributed by atoms with E-state index in [1.807, 2.05) is 4.90 Å². The molecule has 11 heteroatoms. The summed E-state index contributed by atoms with van der Waals surface area (Å²) >= 11 is 0. The number of aromatic nitrogens is 2. The zero-order valence-corrected chi connectivity index (χ0v) is 19.2. The number of alkyl halides is 3. The second-order valence-electron chi connectivity index (χ2n) is 9.12. The quantitative estimate of drug-likeness (QED) is 0.411. The van der Waals surface area contributed by atoms with Gasteiger partial charge in [0.25, 0.3) is 0 Å². The van der Waals surface area contributed by atoms with Crippen LogP contribution in [-0.2, 0) is 17.5 Å². The molecule has 0 unspecified atom stereocenters. The number of hydrogen-bond acceptors (Lipinski definition) is 6. The summed E-state index contributed by atoms with van der Waals surface area (Å²) in [4.78, 5) is 23.1. The normalized spacial score (nSPS) is 19.0. The Bertz CT molecular complexity index is 1070. The van der Waals surface area contributed by atoms with Gasteiger partial charge in [-0.3, -0.25) is 9.69 Å². The maximum absolute atomic E-state index is 15.4. The van der Waals surface area contributed by atoms with Gasteiger partial charge in [0, 0.05) is 25.7 Å². The van der Waals surface area contributed by atoms with Crippen LogP contribution in [0.5, 0.6) is 0 Å². The number of primary amides is 1. The van der Waals surface area contributed by atoms with Crippen molar-refractivity contribution in [1.29, 1.82) is 0 Å². The second-order valence-corrected chi connectivity index (χ2v) is 9.12. The number of carbonyl (C=O) groups excluding carboxylic acids is 1. The fourth-order valence-corrected chi connectivity index (χ4v) is 4.30. The van der Waals surface area contributed by atoms with Crippen LogP contribution in [0.2, 0.25) is 0 Å². The number of nitrogens with one attached hydrogen (secondary N) is 1. The summed E-state index contributed by atoms with van der Waals surface area (Å²) in [7, 11) is 0. The molecule has 1 atom stereocenters. The standard InChI is InChI=1S/C24H28F4N6O/c1-15-11-33(13-20(29)35)9-8-17(15)10-30-22-21(25)23(32-14-31-22)34(19-6-7-19)12-16-2-4-18(5-3-16)24(26,27)28/h2-5,14,17,19H,1,6-13H2,(H2,29,35)(H,30,31,32)/t17-/m1/s1. The highest BCUT2D eigenvalue weighted by Gasteiger charge is 2.34. The van der Waals surface area contributed by atoms with Crippen LogP contribution in [0.3, 0.4) is 0 Å². The zero-order valence-electron chi connectivity index (χ0n) is 19.2. The van der Waals surface area contributed by atoms with Crippen LogP contribution in [0.1, 0.15) is 30.4 Å². The number of halogens is 4. The summed E-state index contributed by atoms with van der Waals surface area (Å²) in [6.07, 6.45) is -0.654. The maximum atomic E-state index is 15.4. The number of amides is 1. The molecular formula is C24H28F4N6O. The lowest BCUT2D eigenvalue weighted by molar-refractivity contribution is -0.137. The minimum Gasteiger partial charge on any atom is -0.369 e. The summed E-state index contributed by atoms with van der Waals surface area (Å²) in [6, 6.07) is 4.96. The number of carbonyl (C=O) groups is 1. The first kappa shape index (κ1) is 24.9. The Morgan fingerprint density at radius 3 is 2.51 bits per heavy atom. The molecule has 2 heterocycles. The lowest BCUT2D eigenvalue weighted by Gasteiger charge is -2.33. The van der Waals surface area contributed by atoms with Gasteiger partial charge in [-0.2, -0.15) is 17.6 Å². The van der Waals surface area contributed by atoms with E-state index in [0.717, 1.165) is 37.0 Å². The number of benzene rings is 1. The Labute approximate surface area is 201 Å². The molecule has 1 saturated carbocycles. The smallest absolute Gasteiger partial charge is 0.369 e. The van der Waals surface area contributed by atoms with E-state index in [9.17, 15) is 18.0 Å². The predicted molar refractivity (Wildman–Crippen MR) is 124 cm³/mol. The van der Waals surface area contributed by atoms with Gasteiger partial charge >= 0.3 is 6.18 Å². The van der Waals surface area contributed by atoms with Gasteiger partial charge in [0.15, 0.2) is 11.6 Å². The lowest BCUT2D eigenvalue weighted by Crippen LogP contribution is -2.41. The minimum absolute atomic E-state index is 0.0698. The van der Waals surface area contributed by atoms with Crippen LogP contribution in [0.15, 0.2) is 42.7 Å². The third-order valence-corrected chi connectivity index (χ3v) is 6.36. The molecule has 1 aliphatic heterocycles. The van der Waals surface area contributed by atoms with Crippen LogP contribution in [0.4, 0.5) is 29.2 Å². The highest BCUT2D eigenvalue weighted by molar-refractivity contribution is 5.76. The molecule has 3 N–H and O–H groups in total. The SMILES string of the molecule is C=C1CN(CC(N)=O)CC[C@@H]1CNc1ncnc(N(Cc2ccc(C(F)(F)F)cc2)C2CC2)c1F. The van der Waals surface area contributed by atoms with Gasteiger partial charge in [-0.15, -0.1) is 0 Å². The molecule has 1 aliphatic carbocycles. The Balaban J connectivity index is 1.43. The van der Waals surface area contributed by atoms with E-state index in [2.05, 4.69) is 21.9 Å². The van der Waals surface area contributed by atoms with Gasteiger partial charge in [0.1, 0.15) is 6.33 Å². The molecular weight excluding hydrogens is 464 g/mol. The van der Waals surface area contributed by atoms with E-state index < -0.39 is 17.6 Å². The van der Waals surface area contributed by atoms with Crippen LogP contribution in [-0.4, -0.2) is 53.0 Å². The summed E-state index contributed by atoms with van der Waals surface area (Å²) in [5, 5.41) is 3.06. The fourth-order valence-electron chi connectivity index (χ4n) is 4.30. The van der Waals surface area contributed by atoms with Gasteiger partial charge < -0.3 is 16.0 Å². The molecule has 4 rings (SSSR count). The third kappa shape index (κ3) is 6.27. The van der Waals surface area contributed by atoms with Crippen molar-refractivity contribution in [2.45, 2.75) is 38.0 Å². The van der Waals surface area contributed by atoms with Crippen molar-refractivity contribution >= 4 is 17.5 Å². The Morgan fingerprint density at radius 1 is 1.20 bits per heavy atom. The number of likely N-dealkylation sites (tertiary alicyclic amines) is 1. The van der Waals surface area contributed by atoms with E-state index in [1.54, 1.807) is 4.90 Å². The van der Waals surface area contributed by atoms with Gasteiger partial charge in [-0.1, -0.05) is 24.3 Å². The highest BCUT2D eigenvalue weighted by atomic mass is 19.4. The summed E-state index contributed by atoms with van der Waals surface area (Å²) < 4.78 is 54.0. The monoisotopic (exact) mass is 492 g/mol. The summed E-state index contributed by atoms with van der Waals surface area (Å²) in [5.74, 6) is -0.700. The molecule has 1 aromatic carbocycles. The van der Waals surface area contributed by atoms with E-state index in [-0.39, 0.29) is 42.6 Å². The van der Waals surface area contributed by atoms with Crippen molar-refractivity contribution in [2.75, 3.05) is 36.4 Å². The Hall–Kier alpha value is -3.21. The Morgan fingerprint density at radius 2 is 1.91 bits per heavy atom. The molecule has 0 radical (unpaired) electrons. The first-order chi connectivity index (χ1) is 16.6. The number of piperidine rings is 1. The topological polar surface area (TPSA) is 87.4 Å². The average Bonchev–Trinajstić information content (AvgIpc) is 3.63. The van der Waals surface area contributed by atoms with E-state index in [4.69, 9.17) is 5.73 Å². The molecule has 188 valence electrons. The van der Waals surface area contributed by atoms with Crippen molar-refractivity contribution in [1.82, 2.24) is 14.9 Å². The van der Waals surface area contributed by atoms with Gasteiger partial charge in [-0.05, 0) is 49.4 Å². The molecule has 2 fully saturated rings. The zero-order chi connectivity index (χ0) is 25.2. The fraction of sp³-hybridized carbons (Fsp3) is 0.458. The van der Waals surface area contributed by atoms with Gasteiger partial charge in [0.05, 0.1) is 12.1 Å². The second kappa shape index (κ2) is 10.2. The number of nitrogens with two attached hydrogens (primary N) is 1. The van der Waals surface area contributed by atoms with Gasteiger partial charge in [0.2, 0.25) is 11.7 Å². The van der Waals surface area contributed by atoms with Crippen molar-refractivity contribution in [3.05, 3.63) is 59.7 Å². The van der Waals surface area contributed by atoms with E-state index in [0.29, 0.717) is 25.2 Å². The molecule has 1 aromatic heterocycles. The van der Waals surface area contributed by atoms with Crippen molar-refractivity contribution < 1.29 is 22.4 Å². The van der Waals surface area contributed by atoms with Crippen molar-refractivity contribution in [3.63, 3.8) is 0 Å². The molecule has 1 amide bonds. The third-order valence-electron chi connectivity index (χ3n) is 6.36. The first-order valence-electron chi connectivity index (χ1n) is 11.5. The van der Waals surface area contributed by atoms with E-state index in [1.165, 1.54) is 18.5 Å².